The van der Waals surface area contributed by atoms with E-state index in [4.69, 9.17) is 0 Å². The van der Waals surface area contributed by atoms with E-state index < -0.39 is 0 Å². The summed E-state index contributed by atoms with van der Waals surface area (Å²) in [4.78, 5) is 10.9. The van der Waals surface area contributed by atoms with E-state index in [0.717, 1.165) is 10.9 Å². The summed E-state index contributed by atoms with van der Waals surface area (Å²) in [6.07, 6.45) is 1.17. The lowest BCUT2D eigenvalue weighted by Crippen LogP contribution is -2.02. The van der Waals surface area contributed by atoms with Crippen LogP contribution < -0.4 is 0 Å². The van der Waals surface area contributed by atoms with Crippen LogP contribution in [0.15, 0.2) is 22.7 Å². The maximum absolute atomic E-state index is 10.9. The van der Waals surface area contributed by atoms with Crippen molar-refractivity contribution in [1.82, 2.24) is 0 Å². The lowest BCUT2D eigenvalue weighted by atomic mass is 10.0. The van der Waals surface area contributed by atoms with Crippen LogP contribution in [0.2, 0.25) is 0 Å². The number of hydrogen-bond acceptors (Lipinski definition) is 2. The summed E-state index contributed by atoms with van der Waals surface area (Å²) in [6.45, 7) is 2.04. The lowest BCUT2D eigenvalue weighted by Gasteiger charge is -2.06. The Kier molecular flexibility index (Phi) is 4.14. The fourth-order valence-corrected chi connectivity index (χ4v) is 1.67. The Balaban J connectivity index is 2.68. The van der Waals surface area contributed by atoms with Crippen LogP contribution in [0.1, 0.15) is 17.5 Å². The number of rotatable bonds is 3. The zero-order valence-electron chi connectivity index (χ0n) is 8.34. The number of aryl methyl sites for hydroxylation is 1. The van der Waals surface area contributed by atoms with Crippen LogP contribution in [0.25, 0.3) is 0 Å². The normalized spacial score (nSPS) is 9.93. The molecule has 0 N–H and O–H groups in total. The maximum atomic E-state index is 10.9. The molecule has 0 saturated heterocycles. The summed E-state index contributed by atoms with van der Waals surface area (Å²) in [5.74, 6) is -0.163. The molecule has 0 aliphatic heterocycles. The smallest absolute Gasteiger partial charge is 0.305 e. The van der Waals surface area contributed by atoms with Gasteiger partial charge in [-0.1, -0.05) is 28.1 Å². The molecule has 0 amide bonds. The second kappa shape index (κ2) is 5.15. The SMILES string of the molecule is COC(=O)CCc1cccc(Br)c1C. The molecule has 0 aliphatic carbocycles. The number of carbonyl (C=O) groups excluding carboxylic acids is 1. The molecule has 2 nitrogen and oxygen atoms in total. The average Bonchev–Trinajstić information content (AvgIpc) is 2.20. The van der Waals surface area contributed by atoms with Gasteiger partial charge in [0.2, 0.25) is 0 Å². The molecule has 14 heavy (non-hydrogen) atoms. The number of halogens is 1. The molecular formula is C11H13BrO2. The second-order valence-electron chi connectivity index (χ2n) is 3.10. The molecule has 1 rings (SSSR count). The predicted octanol–water partition coefficient (Wildman–Crippen LogP) is 2.86. The van der Waals surface area contributed by atoms with Crippen molar-refractivity contribution in [2.45, 2.75) is 19.8 Å². The molecule has 0 aliphatic rings. The van der Waals surface area contributed by atoms with Crippen molar-refractivity contribution in [1.29, 1.82) is 0 Å². The zero-order chi connectivity index (χ0) is 10.6. The summed E-state index contributed by atoms with van der Waals surface area (Å²) >= 11 is 3.45. The van der Waals surface area contributed by atoms with Gasteiger partial charge in [-0.3, -0.25) is 4.79 Å². The monoisotopic (exact) mass is 256 g/mol. The van der Waals surface area contributed by atoms with E-state index in [0.29, 0.717) is 6.42 Å². The fraction of sp³-hybridized carbons (Fsp3) is 0.364. The van der Waals surface area contributed by atoms with Gasteiger partial charge in [0.25, 0.3) is 0 Å². The highest BCUT2D eigenvalue weighted by Crippen LogP contribution is 2.20. The van der Waals surface area contributed by atoms with Gasteiger partial charge in [0.05, 0.1) is 7.11 Å². The first kappa shape index (κ1) is 11.2. The number of esters is 1. The van der Waals surface area contributed by atoms with Crippen LogP contribution in [-0.4, -0.2) is 13.1 Å². The summed E-state index contributed by atoms with van der Waals surface area (Å²) < 4.78 is 5.67. The maximum Gasteiger partial charge on any atom is 0.305 e. The molecule has 3 heteroatoms. The minimum atomic E-state index is -0.163. The van der Waals surface area contributed by atoms with Gasteiger partial charge in [0.15, 0.2) is 0 Å². The van der Waals surface area contributed by atoms with Gasteiger partial charge in [-0.25, -0.2) is 0 Å². The molecule has 0 radical (unpaired) electrons. The minimum absolute atomic E-state index is 0.163. The number of benzene rings is 1. The second-order valence-corrected chi connectivity index (χ2v) is 3.95. The van der Waals surface area contributed by atoms with Gasteiger partial charge in [-0.15, -0.1) is 0 Å². The van der Waals surface area contributed by atoms with Crippen molar-refractivity contribution in [3.63, 3.8) is 0 Å². The van der Waals surface area contributed by atoms with E-state index in [1.807, 2.05) is 25.1 Å². The third-order valence-corrected chi connectivity index (χ3v) is 3.07. The van der Waals surface area contributed by atoms with Gasteiger partial charge < -0.3 is 4.74 Å². The Labute approximate surface area is 92.4 Å². The average molecular weight is 257 g/mol. The van der Waals surface area contributed by atoms with Crippen LogP contribution >= 0.6 is 15.9 Å². The van der Waals surface area contributed by atoms with E-state index in [1.165, 1.54) is 18.2 Å². The van der Waals surface area contributed by atoms with Crippen molar-refractivity contribution in [2.75, 3.05) is 7.11 Å². The first-order valence-electron chi connectivity index (χ1n) is 4.46. The number of hydrogen-bond donors (Lipinski definition) is 0. The Morgan fingerprint density at radius 2 is 2.21 bits per heavy atom. The third kappa shape index (κ3) is 2.84. The van der Waals surface area contributed by atoms with Gasteiger partial charge in [0.1, 0.15) is 0 Å². The van der Waals surface area contributed by atoms with Gasteiger partial charge in [-0.2, -0.15) is 0 Å². The molecule has 0 bridgehead atoms. The van der Waals surface area contributed by atoms with E-state index in [-0.39, 0.29) is 5.97 Å². The molecule has 0 fully saturated rings. The Bertz CT molecular complexity index is 334. The Hall–Kier alpha value is -0.830. The Morgan fingerprint density at radius 3 is 2.86 bits per heavy atom. The molecule has 0 heterocycles. The highest BCUT2D eigenvalue weighted by atomic mass is 79.9. The fourth-order valence-electron chi connectivity index (χ4n) is 1.26. The standard InChI is InChI=1S/C11H13BrO2/c1-8-9(4-3-5-10(8)12)6-7-11(13)14-2/h3-5H,6-7H2,1-2H3. The third-order valence-electron chi connectivity index (χ3n) is 2.21. The summed E-state index contributed by atoms with van der Waals surface area (Å²) in [6, 6.07) is 6.00. The van der Waals surface area contributed by atoms with Crippen molar-refractivity contribution in [3.05, 3.63) is 33.8 Å². The molecule has 0 aromatic heterocycles. The van der Waals surface area contributed by atoms with Gasteiger partial charge >= 0.3 is 5.97 Å². The molecule has 76 valence electrons. The van der Waals surface area contributed by atoms with E-state index >= 15 is 0 Å². The number of carbonyl (C=O) groups is 1. The quantitative estimate of drug-likeness (QED) is 0.778. The molecular weight excluding hydrogens is 244 g/mol. The number of methoxy groups -OCH3 is 1. The van der Waals surface area contributed by atoms with Crippen LogP contribution in [0.4, 0.5) is 0 Å². The van der Waals surface area contributed by atoms with E-state index in [9.17, 15) is 4.79 Å². The molecule has 0 saturated carbocycles. The van der Waals surface area contributed by atoms with Crippen molar-refractivity contribution in [3.8, 4) is 0 Å². The minimum Gasteiger partial charge on any atom is -0.469 e. The Morgan fingerprint density at radius 1 is 1.50 bits per heavy atom. The predicted molar refractivity (Wildman–Crippen MR) is 59.2 cm³/mol. The zero-order valence-corrected chi connectivity index (χ0v) is 9.93. The van der Waals surface area contributed by atoms with Crippen molar-refractivity contribution >= 4 is 21.9 Å². The summed E-state index contributed by atoms with van der Waals surface area (Å²) in [5.41, 5.74) is 2.38. The molecule has 0 unspecified atom stereocenters. The molecule has 0 atom stereocenters. The van der Waals surface area contributed by atoms with E-state index in [1.54, 1.807) is 0 Å². The molecule has 1 aromatic rings. The molecule has 1 aromatic carbocycles. The first-order chi connectivity index (χ1) is 6.65. The van der Waals surface area contributed by atoms with E-state index in [2.05, 4.69) is 20.7 Å². The van der Waals surface area contributed by atoms with Crippen LogP contribution in [-0.2, 0) is 16.0 Å². The number of ether oxygens (including phenoxy) is 1. The summed E-state index contributed by atoms with van der Waals surface area (Å²) in [5, 5.41) is 0. The van der Waals surface area contributed by atoms with Crippen molar-refractivity contribution < 1.29 is 9.53 Å². The lowest BCUT2D eigenvalue weighted by molar-refractivity contribution is -0.140. The van der Waals surface area contributed by atoms with Crippen LogP contribution in [0.3, 0.4) is 0 Å². The first-order valence-corrected chi connectivity index (χ1v) is 5.25. The molecule has 0 spiro atoms. The van der Waals surface area contributed by atoms with Crippen molar-refractivity contribution in [2.24, 2.45) is 0 Å². The largest absolute Gasteiger partial charge is 0.469 e. The van der Waals surface area contributed by atoms with Gasteiger partial charge in [0, 0.05) is 10.9 Å². The van der Waals surface area contributed by atoms with Crippen LogP contribution in [0.5, 0.6) is 0 Å². The topological polar surface area (TPSA) is 26.3 Å². The summed E-state index contributed by atoms with van der Waals surface area (Å²) in [7, 11) is 1.41. The highest BCUT2D eigenvalue weighted by molar-refractivity contribution is 9.10. The van der Waals surface area contributed by atoms with Crippen LogP contribution in [0, 0.1) is 6.92 Å². The highest BCUT2D eigenvalue weighted by Gasteiger charge is 2.05. The van der Waals surface area contributed by atoms with Gasteiger partial charge in [-0.05, 0) is 30.5 Å².